The van der Waals surface area contributed by atoms with E-state index in [4.69, 9.17) is 11.6 Å². The minimum atomic E-state index is -0.528. The maximum absolute atomic E-state index is 11.4. The number of carbonyl (C=O) groups is 1. The minimum absolute atomic E-state index is 0.0825. The fourth-order valence-electron chi connectivity index (χ4n) is 2.25. The molecule has 0 spiro atoms. The number of carbonyl (C=O) groups excluding carboxylic acids is 1. The highest BCUT2D eigenvalue weighted by molar-refractivity contribution is 6.30. The highest BCUT2D eigenvalue weighted by Gasteiger charge is 2.16. The number of methoxy groups -OCH3 is 1. The molecule has 130 valence electrons. The van der Waals surface area contributed by atoms with E-state index < -0.39 is 10.9 Å². The molecule has 2 aromatic carbocycles. The number of anilines is 1. The third-order valence-electron chi connectivity index (χ3n) is 3.55. The number of benzene rings is 2. The summed E-state index contributed by atoms with van der Waals surface area (Å²) in [6.45, 7) is 1.89. The molecule has 0 aliphatic rings. The summed E-state index contributed by atoms with van der Waals surface area (Å²) in [6, 6.07) is 11.8. The summed E-state index contributed by atoms with van der Waals surface area (Å²) >= 11 is 5.99. The van der Waals surface area contributed by atoms with Crippen molar-refractivity contribution < 1.29 is 14.5 Å². The number of nitrogens with zero attached hydrogens (tertiary/aromatic N) is 1. The van der Waals surface area contributed by atoms with Crippen LogP contribution in [0.25, 0.3) is 6.08 Å². The molecule has 0 amide bonds. The van der Waals surface area contributed by atoms with Gasteiger partial charge in [0.05, 0.1) is 12.0 Å². The molecule has 25 heavy (non-hydrogen) atoms. The van der Waals surface area contributed by atoms with Crippen molar-refractivity contribution in [3.8, 4) is 0 Å². The van der Waals surface area contributed by atoms with Gasteiger partial charge >= 0.3 is 5.97 Å². The van der Waals surface area contributed by atoms with Gasteiger partial charge in [0.1, 0.15) is 5.69 Å². The van der Waals surface area contributed by atoms with Gasteiger partial charge in [-0.05, 0) is 42.3 Å². The Labute approximate surface area is 150 Å². The van der Waals surface area contributed by atoms with Crippen molar-refractivity contribution in [3.05, 3.63) is 74.8 Å². The normalized spacial score (nSPS) is 12.0. The lowest BCUT2D eigenvalue weighted by atomic mass is 10.1. The van der Waals surface area contributed by atoms with Gasteiger partial charge in [-0.1, -0.05) is 29.8 Å². The van der Waals surface area contributed by atoms with Crippen molar-refractivity contribution in [2.24, 2.45) is 0 Å². The molecule has 0 saturated heterocycles. The van der Waals surface area contributed by atoms with Gasteiger partial charge in [0.15, 0.2) is 0 Å². The Morgan fingerprint density at radius 1 is 1.32 bits per heavy atom. The standard InChI is InChI=1S/C18H17ClN2O4/c1-12(14-4-3-5-15(19)11-14)20-16-8-6-13(7-9-18(22)25-2)10-17(16)21(23)24/h3-12,20H,1-2H3/b9-7+/t12-/m1/s1. The maximum atomic E-state index is 11.4. The predicted octanol–water partition coefficient (Wildman–Crippen LogP) is 4.61. The summed E-state index contributed by atoms with van der Waals surface area (Å²) in [5, 5.41) is 15.1. The third-order valence-corrected chi connectivity index (χ3v) is 3.79. The van der Waals surface area contributed by atoms with Crippen LogP contribution in [0, 0.1) is 10.1 Å². The lowest BCUT2D eigenvalue weighted by molar-refractivity contribution is -0.384. The molecule has 0 fully saturated rings. The van der Waals surface area contributed by atoms with E-state index >= 15 is 0 Å². The molecular formula is C18H17ClN2O4. The van der Waals surface area contributed by atoms with Crippen molar-refractivity contribution in [1.82, 2.24) is 0 Å². The van der Waals surface area contributed by atoms with Crippen molar-refractivity contribution in [2.75, 3.05) is 12.4 Å². The summed E-state index contributed by atoms with van der Waals surface area (Å²) in [5.41, 5.74) is 1.74. The van der Waals surface area contributed by atoms with E-state index in [-0.39, 0.29) is 11.7 Å². The number of rotatable bonds is 6. The molecule has 0 radical (unpaired) electrons. The average molecular weight is 361 g/mol. The lowest BCUT2D eigenvalue weighted by Crippen LogP contribution is -2.08. The fraction of sp³-hybridized carbons (Fsp3) is 0.167. The first-order valence-electron chi connectivity index (χ1n) is 7.47. The Kier molecular flexibility index (Phi) is 6.14. The van der Waals surface area contributed by atoms with Gasteiger partial charge in [-0.15, -0.1) is 0 Å². The SMILES string of the molecule is COC(=O)/C=C/c1ccc(N[C@H](C)c2cccc(Cl)c2)c([N+](=O)[O-])c1. The van der Waals surface area contributed by atoms with Crippen LogP contribution in [0.4, 0.5) is 11.4 Å². The predicted molar refractivity (Wildman–Crippen MR) is 97.6 cm³/mol. The van der Waals surface area contributed by atoms with Crippen LogP contribution in [0.5, 0.6) is 0 Å². The maximum Gasteiger partial charge on any atom is 0.330 e. The Morgan fingerprint density at radius 2 is 2.08 bits per heavy atom. The third kappa shape index (κ3) is 5.06. The summed E-state index contributed by atoms with van der Waals surface area (Å²) in [4.78, 5) is 22.0. The molecule has 1 N–H and O–H groups in total. The van der Waals surface area contributed by atoms with Gasteiger partial charge in [-0.25, -0.2) is 4.79 Å². The van der Waals surface area contributed by atoms with Crippen molar-refractivity contribution in [2.45, 2.75) is 13.0 Å². The zero-order chi connectivity index (χ0) is 18.4. The average Bonchev–Trinajstić information content (AvgIpc) is 2.60. The number of hydrogen-bond donors (Lipinski definition) is 1. The summed E-state index contributed by atoms with van der Waals surface area (Å²) in [7, 11) is 1.26. The van der Waals surface area contributed by atoms with Gasteiger partial charge in [-0.3, -0.25) is 10.1 Å². The van der Waals surface area contributed by atoms with E-state index in [2.05, 4.69) is 10.1 Å². The molecule has 2 aromatic rings. The molecule has 0 saturated carbocycles. The van der Waals surface area contributed by atoms with E-state index in [1.54, 1.807) is 24.3 Å². The number of hydrogen-bond acceptors (Lipinski definition) is 5. The first kappa shape index (κ1) is 18.5. The second-order valence-corrected chi connectivity index (χ2v) is 5.75. The van der Waals surface area contributed by atoms with Gasteiger partial charge in [0.25, 0.3) is 5.69 Å². The van der Waals surface area contributed by atoms with Gasteiger partial charge in [-0.2, -0.15) is 0 Å². The molecule has 0 heterocycles. The van der Waals surface area contributed by atoms with E-state index in [9.17, 15) is 14.9 Å². The lowest BCUT2D eigenvalue weighted by Gasteiger charge is -2.16. The van der Waals surface area contributed by atoms with Crippen LogP contribution in [0.2, 0.25) is 5.02 Å². The Balaban J connectivity index is 2.27. The Bertz CT molecular complexity index is 820. The smallest absolute Gasteiger partial charge is 0.330 e. The zero-order valence-electron chi connectivity index (χ0n) is 13.7. The fourth-order valence-corrected chi connectivity index (χ4v) is 2.45. The van der Waals surface area contributed by atoms with E-state index in [1.165, 1.54) is 25.3 Å². The highest BCUT2D eigenvalue weighted by Crippen LogP contribution is 2.30. The molecule has 0 aliphatic carbocycles. The van der Waals surface area contributed by atoms with E-state index in [1.807, 2.05) is 19.1 Å². The topological polar surface area (TPSA) is 81.5 Å². The highest BCUT2D eigenvalue weighted by atomic mass is 35.5. The zero-order valence-corrected chi connectivity index (χ0v) is 14.5. The molecule has 1 atom stereocenters. The number of nitro groups is 1. The van der Waals surface area contributed by atoms with Crippen LogP contribution in [0.1, 0.15) is 24.1 Å². The van der Waals surface area contributed by atoms with Gasteiger partial charge in [0.2, 0.25) is 0 Å². The van der Waals surface area contributed by atoms with Crippen LogP contribution < -0.4 is 5.32 Å². The minimum Gasteiger partial charge on any atom is -0.466 e. The Hall–Kier alpha value is -2.86. The van der Waals surface area contributed by atoms with Crippen LogP contribution in [0.15, 0.2) is 48.5 Å². The molecule has 0 unspecified atom stereocenters. The van der Waals surface area contributed by atoms with Crippen LogP contribution in [-0.2, 0) is 9.53 Å². The van der Waals surface area contributed by atoms with Crippen molar-refractivity contribution in [1.29, 1.82) is 0 Å². The first-order chi connectivity index (χ1) is 11.9. The molecule has 7 heteroatoms. The van der Waals surface area contributed by atoms with Crippen LogP contribution >= 0.6 is 11.6 Å². The van der Waals surface area contributed by atoms with Crippen LogP contribution in [-0.4, -0.2) is 18.0 Å². The Morgan fingerprint density at radius 3 is 2.72 bits per heavy atom. The molecule has 6 nitrogen and oxygen atoms in total. The van der Waals surface area contributed by atoms with E-state index in [0.717, 1.165) is 5.56 Å². The summed E-state index contributed by atoms with van der Waals surface area (Å²) in [5.74, 6) is -0.528. The molecular weight excluding hydrogens is 344 g/mol. The molecule has 0 bridgehead atoms. The summed E-state index contributed by atoms with van der Waals surface area (Å²) in [6.07, 6.45) is 2.67. The van der Waals surface area contributed by atoms with Gasteiger partial charge < -0.3 is 10.1 Å². The van der Waals surface area contributed by atoms with Crippen molar-refractivity contribution >= 4 is 35.0 Å². The second kappa shape index (κ2) is 8.30. The number of ether oxygens (including phenoxy) is 1. The first-order valence-corrected chi connectivity index (χ1v) is 7.85. The molecule has 0 aromatic heterocycles. The largest absolute Gasteiger partial charge is 0.466 e. The monoisotopic (exact) mass is 360 g/mol. The number of esters is 1. The van der Waals surface area contributed by atoms with Crippen molar-refractivity contribution in [3.63, 3.8) is 0 Å². The molecule has 0 aliphatic heterocycles. The number of nitrogens with one attached hydrogen (secondary N) is 1. The molecule has 2 rings (SSSR count). The van der Waals surface area contributed by atoms with Gasteiger partial charge in [0, 0.05) is 23.2 Å². The quantitative estimate of drug-likeness (QED) is 0.352. The second-order valence-electron chi connectivity index (χ2n) is 5.31. The number of halogens is 1. The summed E-state index contributed by atoms with van der Waals surface area (Å²) < 4.78 is 4.50. The number of nitro benzene ring substituents is 1. The van der Waals surface area contributed by atoms with E-state index in [0.29, 0.717) is 16.3 Å². The van der Waals surface area contributed by atoms with Crippen LogP contribution in [0.3, 0.4) is 0 Å².